The van der Waals surface area contributed by atoms with E-state index >= 15 is 0 Å². The molecule has 1 aliphatic heterocycles. The number of carbonyl (C=O) groups is 2. The Balaban J connectivity index is 1.48. The number of nitrogens with zero attached hydrogens (tertiary/aromatic N) is 1. The minimum Gasteiger partial charge on any atom is -0.348 e. The lowest BCUT2D eigenvalue weighted by Crippen LogP contribution is -2.41. The number of nitrogens with one attached hydrogen (secondary N) is 1. The van der Waals surface area contributed by atoms with Gasteiger partial charge >= 0.3 is 0 Å². The van der Waals surface area contributed by atoms with Gasteiger partial charge in [-0.15, -0.1) is 0 Å². The Kier molecular flexibility index (Phi) is 4.26. The molecule has 1 aliphatic carbocycles. The van der Waals surface area contributed by atoms with Gasteiger partial charge in [0.1, 0.15) is 11.4 Å². The average molecular weight is 384 g/mol. The lowest BCUT2D eigenvalue weighted by atomic mass is 10.0. The van der Waals surface area contributed by atoms with Crippen LogP contribution in [0.15, 0.2) is 47.4 Å². The van der Waals surface area contributed by atoms with Crippen molar-refractivity contribution in [3.8, 4) is 0 Å². The van der Waals surface area contributed by atoms with Gasteiger partial charge in [-0.2, -0.15) is 0 Å². The minimum atomic E-state index is -3.98. The van der Waals surface area contributed by atoms with Crippen molar-refractivity contribution in [2.45, 2.75) is 37.1 Å². The second-order valence-electron chi connectivity index (χ2n) is 6.98. The number of hydrogen-bond acceptors (Lipinski definition) is 4. The molecule has 0 radical (unpaired) electrons. The molecule has 0 saturated carbocycles. The fourth-order valence-electron chi connectivity index (χ4n) is 3.75. The highest BCUT2D eigenvalue weighted by atomic mass is 32.2. The predicted octanol–water partition coefficient (Wildman–Crippen LogP) is 2.20. The molecular weight excluding hydrogens is 364 g/mol. The molecule has 2 aliphatic rings. The van der Waals surface area contributed by atoms with Gasteiger partial charge < -0.3 is 5.32 Å². The fraction of sp³-hybridized carbons (Fsp3) is 0.300. The summed E-state index contributed by atoms with van der Waals surface area (Å²) in [6.45, 7) is 1.33. The highest BCUT2D eigenvalue weighted by Crippen LogP contribution is 2.30. The summed E-state index contributed by atoms with van der Waals surface area (Å²) in [6, 6.07) is 11.9. The fourth-order valence-corrected chi connectivity index (χ4v) is 5.27. The zero-order chi connectivity index (χ0) is 19.2. The van der Waals surface area contributed by atoms with Crippen LogP contribution in [-0.2, 0) is 27.7 Å². The van der Waals surface area contributed by atoms with Crippen molar-refractivity contribution in [2.75, 3.05) is 6.54 Å². The Morgan fingerprint density at radius 1 is 1.15 bits per heavy atom. The zero-order valence-electron chi connectivity index (χ0n) is 14.9. The topological polar surface area (TPSA) is 83.6 Å². The summed E-state index contributed by atoms with van der Waals surface area (Å²) < 4.78 is 25.7. The third kappa shape index (κ3) is 3.02. The van der Waals surface area contributed by atoms with Crippen LogP contribution >= 0.6 is 0 Å². The second kappa shape index (κ2) is 6.49. The molecule has 1 heterocycles. The molecule has 0 spiro atoms. The molecule has 4 rings (SSSR count). The maximum atomic E-state index is 12.5. The number of benzene rings is 2. The molecule has 6 nitrogen and oxygen atoms in total. The van der Waals surface area contributed by atoms with Gasteiger partial charge in [-0.1, -0.05) is 30.3 Å². The summed E-state index contributed by atoms with van der Waals surface area (Å²) in [5.41, 5.74) is 3.74. The predicted molar refractivity (Wildman–Crippen MR) is 99.7 cm³/mol. The van der Waals surface area contributed by atoms with E-state index in [0.717, 1.165) is 24.8 Å². The Morgan fingerprint density at radius 3 is 2.67 bits per heavy atom. The molecule has 2 aromatic carbocycles. The molecule has 0 saturated heterocycles. The maximum Gasteiger partial charge on any atom is 0.269 e. The summed E-state index contributed by atoms with van der Waals surface area (Å²) in [6.07, 6.45) is 3.28. The summed E-state index contributed by atoms with van der Waals surface area (Å²) >= 11 is 0. The van der Waals surface area contributed by atoms with Gasteiger partial charge in [-0.3, -0.25) is 9.59 Å². The van der Waals surface area contributed by atoms with E-state index in [1.807, 2.05) is 13.0 Å². The van der Waals surface area contributed by atoms with Crippen LogP contribution in [0, 0.1) is 0 Å². The van der Waals surface area contributed by atoms with Crippen LogP contribution in [0.5, 0.6) is 0 Å². The van der Waals surface area contributed by atoms with Crippen LogP contribution in [0.4, 0.5) is 0 Å². The van der Waals surface area contributed by atoms with Gasteiger partial charge in [-0.25, -0.2) is 12.7 Å². The van der Waals surface area contributed by atoms with Crippen LogP contribution in [0.3, 0.4) is 0 Å². The monoisotopic (exact) mass is 384 g/mol. The second-order valence-corrected chi connectivity index (χ2v) is 8.81. The van der Waals surface area contributed by atoms with Crippen LogP contribution in [0.2, 0.25) is 0 Å². The first-order valence-electron chi connectivity index (χ1n) is 8.95. The normalized spacial score (nSPS) is 18.1. The Labute approximate surface area is 158 Å². The van der Waals surface area contributed by atoms with E-state index in [4.69, 9.17) is 0 Å². The number of fused-ring (bicyclic) bond motifs is 2. The maximum absolute atomic E-state index is 12.5. The van der Waals surface area contributed by atoms with Crippen LogP contribution < -0.4 is 5.32 Å². The van der Waals surface area contributed by atoms with Gasteiger partial charge in [-0.05, 0) is 55.0 Å². The smallest absolute Gasteiger partial charge is 0.269 e. The number of rotatable bonds is 4. The minimum absolute atomic E-state index is 0.0468. The van der Waals surface area contributed by atoms with E-state index in [9.17, 15) is 18.0 Å². The van der Waals surface area contributed by atoms with Crippen LogP contribution in [-0.4, -0.2) is 31.1 Å². The van der Waals surface area contributed by atoms with E-state index in [2.05, 4.69) is 17.4 Å². The first-order chi connectivity index (χ1) is 12.9. The molecule has 0 unspecified atom stereocenters. The molecule has 7 heteroatoms. The highest BCUT2D eigenvalue weighted by molar-refractivity contribution is 7.90. The van der Waals surface area contributed by atoms with Crippen LogP contribution in [0.25, 0.3) is 0 Å². The van der Waals surface area contributed by atoms with E-state index in [-0.39, 0.29) is 16.5 Å². The van der Waals surface area contributed by atoms with E-state index in [1.54, 1.807) is 12.1 Å². The molecular formula is C20H20N2O4S. The van der Waals surface area contributed by atoms with Crippen molar-refractivity contribution in [3.05, 3.63) is 64.7 Å². The summed E-state index contributed by atoms with van der Waals surface area (Å²) in [7, 11) is -3.98. The molecule has 0 fully saturated rings. The third-order valence-electron chi connectivity index (χ3n) is 5.20. The Morgan fingerprint density at radius 2 is 1.89 bits per heavy atom. The third-order valence-corrected chi connectivity index (χ3v) is 6.99. The van der Waals surface area contributed by atoms with Crippen molar-refractivity contribution >= 4 is 21.8 Å². The quantitative estimate of drug-likeness (QED) is 0.876. The highest BCUT2D eigenvalue weighted by Gasteiger charge is 2.41. The molecule has 1 atom stereocenters. The van der Waals surface area contributed by atoms with Crippen LogP contribution in [0.1, 0.15) is 46.4 Å². The van der Waals surface area contributed by atoms with Crippen molar-refractivity contribution in [1.82, 2.24) is 9.62 Å². The average Bonchev–Trinajstić information content (AvgIpc) is 3.19. The Bertz CT molecular complexity index is 1050. The molecule has 27 heavy (non-hydrogen) atoms. The molecule has 1 N–H and O–H groups in total. The number of amides is 2. The molecule has 0 aromatic heterocycles. The summed E-state index contributed by atoms with van der Waals surface area (Å²) in [4.78, 5) is 24.8. The van der Waals surface area contributed by atoms with Gasteiger partial charge in [0, 0.05) is 0 Å². The zero-order valence-corrected chi connectivity index (χ0v) is 15.8. The molecule has 2 amide bonds. The lowest BCUT2D eigenvalue weighted by Gasteiger charge is -2.19. The van der Waals surface area contributed by atoms with Crippen molar-refractivity contribution in [1.29, 1.82) is 0 Å². The summed E-state index contributed by atoms with van der Waals surface area (Å²) in [5.74, 6) is -1.17. The Hall–Kier alpha value is -2.67. The van der Waals surface area contributed by atoms with E-state index in [1.165, 1.54) is 23.3 Å². The molecule has 0 bridgehead atoms. The first-order valence-corrected chi connectivity index (χ1v) is 10.4. The van der Waals surface area contributed by atoms with E-state index in [0.29, 0.717) is 4.31 Å². The van der Waals surface area contributed by atoms with Gasteiger partial charge in [0.05, 0.1) is 11.6 Å². The van der Waals surface area contributed by atoms with Crippen molar-refractivity contribution in [3.63, 3.8) is 0 Å². The van der Waals surface area contributed by atoms with Crippen molar-refractivity contribution in [2.24, 2.45) is 0 Å². The number of carbonyl (C=O) groups excluding carboxylic acids is 2. The van der Waals surface area contributed by atoms with Gasteiger partial charge in [0.2, 0.25) is 5.91 Å². The van der Waals surface area contributed by atoms with Gasteiger partial charge in [0.25, 0.3) is 15.9 Å². The SMILES string of the molecule is C[C@@H](NC(=O)CN1C(=O)c2ccccc2S1(=O)=O)c1ccc2c(c1)CCC2. The summed E-state index contributed by atoms with van der Waals surface area (Å²) in [5, 5.41) is 2.80. The van der Waals surface area contributed by atoms with Crippen molar-refractivity contribution < 1.29 is 18.0 Å². The first kappa shape index (κ1) is 17.7. The number of sulfonamides is 1. The standard InChI is InChI=1S/C20H20N2O4S/c1-13(15-10-9-14-5-4-6-16(14)11-15)21-19(23)12-22-20(24)17-7-2-3-8-18(17)27(22,25)26/h2-3,7-11,13H,4-6,12H2,1H3,(H,21,23)/t13-/m1/s1. The lowest BCUT2D eigenvalue weighted by molar-refractivity contribution is -0.121. The van der Waals surface area contributed by atoms with Gasteiger partial charge in [0.15, 0.2) is 0 Å². The number of hydrogen-bond donors (Lipinski definition) is 1. The largest absolute Gasteiger partial charge is 0.348 e. The number of aryl methyl sites for hydroxylation is 2. The molecule has 140 valence electrons. The van der Waals surface area contributed by atoms with E-state index < -0.39 is 28.4 Å². The molecule has 2 aromatic rings.